The zero-order chi connectivity index (χ0) is 20.0. The minimum absolute atomic E-state index is 0.0712. The lowest BCUT2D eigenvalue weighted by Gasteiger charge is -2.29. The first kappa shape index (κ1) is 22.0. The van der Waals surface area contributed by atoms with Crippen LogP contribution in [0, 0.1) is 10.8 Å². The van der Waals surface area contributed by atoms with Crippen LogP contribution in [0.2, 0.25) is 0 Å². The van der Waals surface area contributed by atoms with E-state index in [1.165, 1.54) is 12.2 Å². The van der Waals surface area contributed by atoms with E-state index in [4.69, 9.17) is 4.74 Å². The molecule has 0 atom stereocenters. The number of hydrogen-bond donors (Lipinski definition) is 1. The molecule has 0 aromatic carbocycles. The molecule has 1 N–H and O–H groups in total. The summed E-state index contributed by atoms with van der Waals surface area (Å²) >= 11 is 0. The van der Waals surface area contributed by atoms with E-state index >= 15 is 0 Å². The molecule has 0 aromatic rings. The van der Waals surface area contributed by atoms with Crippen LogP contribution in [0.3, 0.4) is 0 Å². The molecule has 1 aliphatic heterocycles. The summed E-state index contributed by atoms with van der Waals surface area (Å²) in [6, 6.07) is 0. The number of rotatable bonds is 11. The van der Waals surface area contributed by atoms with Crippen LogP contribution < -0.4 is 5.32 Å². The van der Waals surface area contributed by atoms with Gasteiger partial charge < -0.3 is 14.8 Å². The van der Waals surface area contributed by atoms with Crippen molar-refractivity contribution in [2.45, 2.75) is 47.5 Å². The maximum absolute atomic E-state index is 12.0. The topological polar surface area (TPSA) is 92.8 Å². The predicted octanol–water partition coefficient (Wildman–Crippen LogP) is 1.47. The van der Waals surface area contributed by atoms with Gasteiger partial charge in [-0.05, 0) is 12.3 Å². The maximum Gasteiger partial charge on any atom is 0.253 e. The number of carbonyl (C=O) groups is 4. The number of nitrogens with one attached hydrogen (secondary N) is 1. The summed E-state index contributed by atoms with van der Waals surface area (Å²) in [6.07, 6.45) is 2.94. The predicted molar refractivity (Wildman–Crippen MR) is 97.2 cm³/mol. The normalized spacial score (nSPS) is 14.9. The summed E-state index contributed by atoms with van der Waals surface area (Å²) in [5, 5.41) is 2.81. The van der Waals surface area contributed by atoms with Gasteiger partial charge in [-0.1, -0.05) is 27.7 Å². The Labute approximate surface area is 155 Å². The third kappa shape index (κ3) is 7.91. The SMILES string of the molecule is CC(=O)CC(C)(C)COCC(C)(C)CNC(=O)CCN1C(=O)C=CC1=O. The summed E-state index contributed by atoms with van der Waals surface area (Å²) in [6.45, 7) is 10.9. The molecular formula is C19H30N2O5. The van der Waals surface area contributed by atoms with Gasteiger partial charge in [0.15, 0.2) is 0 Å². The lowest BCUT2D eigenvalue weighted by atomic mass is 9.88. The van der Waals surface area contributed by atoms with Crippen molar-refractivity contribution < 1.29 is 23.9 Å². The second-order valence-corrected chi connectivity index (χ2v) is 8.39. The van der Waals surface area contributed by atoms with Crippen molar-refractivity contribution in [3.63, 3.8) is 0 Å². The maximum atomic E-state index is 12.0. The van der Waals surface area contributed by atoms with Crippen LogP contribution in [-0.2, 0) is 23.9 Å². The Morgan fingerprint density at radius 2 is 1.58 bits per heavy atom. The molecule has 0 saturated heterocycles. The van der Waals surface area contributed by atoms with Crippen LogP contribution in [0.15, 0.2) is 12.2 Å². The largest absolute Gasteiger partial charge is 0.380 e. The van der Waals surface area contributed by atoms with Gasteiger partial charge in [-0.25, -0.2) is 0 Å². The van der Waals surface area contributed by atoms with Gasteiger partial charge in [0.1, 0.15) is 5.78 Å². The number of carbonyl (C=O) groups excluding carboxylic acids is 4. The molecule has 0 aromatic heterocycles. The fraction of sp³-hybridized carbons (Fsp3) is 0.684. The first-order valence-electron chi connectivity index (χ1n) is 8.79. The summed E-state index contributed by atoms with van der Waals surface area (Å²) < 4.78 is 5.76. The molecule has 0 fully saturated rings. The standard InChI is InChI=1S/C19H30N2O5/c1-14(22)10-18(2,3)12-26-13-19(4,5)11-20-15(23)8-9-21-16(24)6-7-17(21)25/h6-7H,8-13H2,1-5H3,(H,20,23). The van der Waals surface area contributed by atoms with Crippen molar-refractivity contribution in [2.24, 2.45) is 10.8 Å². The van der Waals surface area contributed by atoms with E-state index in [0.717, 1.165) is 4.90 Å². The zero-order valence-electron chi connectivity index (χ0n) is 16.4. The fourth-order valence-electron chi connectivity index (χ4n) is 2.67. The third-order valence-electron chi connectivity index (χ3n) is 3.94. The van der Waals surface area contributed by atoms with Gasteiger partial charge in [-0.15, -0.1) is 0 Å². The molecule has 0 spiro atoms. The minimum Gasteiger partial charge on any atom is -0.380 e. The molecule has 1 heterocycles. The molecule has 0 unspecified atom stereocenters. The van der Waals surface area contributed by atoms with Crippen molar-refractivity contribution in [1.82, 2.24) is 10.2 Å². The Morgan fingerprint density at radius 3 is 2.12 bits per heavy atom. The van der Waals surface area contributed by atoms with Crippen molar-refractivity contribution >= 4 is 23.5 Å². The van der Waals surface area contributed by atoms with Crippen LogP contribution in [0.1, 0.15) is 47.5 Å². The molecule has 1 rings (SSSR count). The van der Waals surface area contributed by atoms with Crippen LogP contribution in [0.4, 0.5) is 0 Å². The molecule has 3 amide bonds. The van der Waals surface area contributed by atoms with Gasteiger partial charge >= 0.3 is 0 Å². The number of ketones is 1. The Hall–Kier alpha value is -2.02. The number of ether oxygens (including phenoxy) is 1. The fourth-order valence-corrected chi connectivity index (χ4v) is 2.67. The first-order valence-corrected chi connectivity index (χ1v) is 8.79. The summed E-state index contributed by atoms with van der Waals surface area (Å²) in [5.41, 5.74) is -0.489. The van der Waals surface area contributed by atoms with Gasteiger partial charge in [-0.3, -0.25) is 19.3 Å². The highest BCUT2D eigenvalue weighted by Gasteiger charge is 2.26. The van der Waals surface area contributed by atoms with Gasteiger partial charge in [0.25, 0.3) is 11.8 Å². The molecule has 7 nitrogen and oxygen atoms in total. The molecule has 0 saturated carbocycles. The van der Waals surface area contributed by atoms with Crippen LogP contribution in [-0.4, -0.2) is 54.7 Å². The van der Waals surface area contributed by atoms with Crippen molar-refractivity contribution in [1.29, 1.82) is 0 Å². The highest BCUT2D eigenvalue weighted by molar-refractivity contribution is 6.13. The minimum atomic E-state index is -0.385. The molecule has 7 heteroatoms. The van der Waals surface area contributed by atoms with E-state index < -0.39 is 0 Å². The van der Waals surface area contributed by atoms with Gasteiger partial charge in [0.05, 0.1) is 13.2 Å². The van der Waals surface area contributed by atoms with Crippen LogP contribution in [0.5, 0.6) is 0 Å². The van der Waals surface area contributed by atoms with Crippen LogP contribution in [0.25, 0.3) is 0 Å². The van der Waals surface area contributed by atoms with Crippen LogP contribution >= 0.6 is 0 Å². The zero-order valence-corrected chi connectivity index (χ0v) is 16.4. The Kier molecular flexibility index (Phi) is 7.68. The third-order valence-corrected chi connectivity index (χ3v) is 3.94. The summed E-state index contributed by atoms with van der Waals surface area (Å²) in [4.78, 5) is 47.1. The molecule has 26 heavy (non-hydrogen) atoms. The average molecular weight is 366 g/mol. The summed E-state index contributed by atoms with van der Waals surface area (Å²) in [7, 11) is 0. The Balaban J connectivity index is 2.29. The molecule has 0 bridgehead atoms. The highest BCUT2D eigenvalue weighted by Crippen LogP contribution is 2.23. The van der Waals surface area contributed by atoms with E-state index in [0.29, 0.717) is 26.2 Å². The number of Topliss-reactive ketones (excluding diaryl/α,β-unsaturated/α-hetero) is 1. The number of amides is 3. The lowest BCUT2D eigenvalue weighted by Crippen LogP contribution is -2.39. The van der Waals surface area contributed by atoms with E-state index in [1.54, 1.807) is 6.92 Å². The second kappa shape index (κ2) is 9.07. The van der Waals surface area contributed by atoms with Gasteiger partial charge in [0.2, 0.25) is 5.91 Å². The number of hydrogen-bond acceptors (Lipinski definition) is 5. The average Bonchev–Trinajstić information content (AvgIpc) is 2.80. The smallest absolute Gasteiger partial charge is 0.253 e. The van der Waals surface area contributed by atoms with E-state index in [9.17, 15) is 19.2 Å². The molecule has 146 valence electrons. The van der Waals surface area contributed by atoms with E-state index in [-0.39, 0.29) is 47.3 Å². The van der Waals surface area contributed by atoms with Crippen molar-refractivity contribution in [3.05, 3.63) is 12.2 Å². The van der Waals surface area contributed by atoms with E-state index in [1.807, 2.05) is 27.7 Å². The Bertz CT molecular complexity index is 575. The monoisotopic (exact) mass is 366 g/mol. The van der Waals surface area contributed by atoms with Gasteiger partial charge in [0, 0.05) is 43.5 Å². The van der Waals surface area contributed by atoms with Gasteiger partial charge in [-0.2, -0.15) is 0 Å². The number of nitrogens with zero attached hydrogens (tertiary/aromatic N) is 1. The molecule has 0 radical (unpaired) electrons. The Morgan fingerprint density at radius 1 is 1.04 bits per heavy atom. The van der Waals surface area contributed by atoms with E-state index in [2.05, 4.69) is 5.32 Å². The summed E-state index contributed by atoms with van der Waals surface area (Å²) in [5.74, 6) is -0.854. The first-order chi connectivity index (χ1) is 11.9. The quantitative estimate of drug-likeness (QED) is 0.559. The second-order valence-electron chi connectivity index (χ2n) is 8.39. The van der Waals surface area contributed by atoms with Crippen molar-refractivity contribution in [3.8, 4) is 0 Å². The molecular weight excluding hydrogens is 336 g/mol. The highest BCUT2D eigenvalue weighted by atomic mass is 16.5. The number of imide groups is 1. The lowest BCUT2D eigenvalue weighted by molar-refractivity contribution is -0.137. The molecule has 1 aliphatic rings. The molecule has 0 aliphatic carbocycles. The van der Waals surface area contributed by atoms with Crippen molar-refractivity contribution in [2.75, 3.05) is 26.3 Å².